The van der Waals surface area contributed by atoms with Gasteiger partial charge >= 0.3 is 5.97 Å². The molecule has 40 heavy (non-hydrogen) atoms. The molecule has 0 radical (unpaired) electrons. The van der Waals surface area contributed by atoms with Gasteiger partial charge in [0.05, 0.1) is 25.4 Å². The lowest BCUT2D eigenvalue weighted by Gasteiger charge is -2.61. The normalized spacial score (nSPS) is 49.5. The SMILES string of the molecule is COc1ccc(C(=O)O[C@H]2CC[C@@]3(C)[C@@H](CC[C@H]4[C@H]3CC[C@]3(C)[C@@H]5[C@@H](C)[C@@]6(CC[C@@H](C)CO6)O[C@@H]5C[C@H]43)C2)cc1. The van der Waals surface area contributed by atoms with Gasteiger partial charge in [0.25, 0.3) is 0 Å². The molecule has 2 aliphatic heterocycles. The molecule has 220 valence electrons. The van der Waals surface area contributed by atoms with Crippen molar-refractivity contribution in [3.05, 3.63) is 29.8 Å². The van der Waals surface area contributed by atoms with Crippen LogP contribution in [0.5, 0.6) is 5.75 Å². The van der Waals surface area contributed by atoms with E-state index in [0.29, 0.717) is 46.2 Å². The molecule has 0 aromatic heterocycles. The van der Waals surface area contributed by atoms with E-state index in [1.165, 1.54) is 44.9 Å². The van der Waals surface area contributed by atoms with Crippen molar-refractivity contribution in [2.24, 2.45) is 52.3 Å². The number of methoxy groups -OCH3 is 1. The number of hydrogen-bond acceptors (Lipinski definition) is 5. The number of hydrogen-bond donors (Lipinski definition) is 0. The fraction of sp³-hybridized carbons (Fsp3) is 0.800. The Kier molecular flexibility index (Phi) is 6.63. The Balaban J connectivity index is 1.03. The first kappa shape index (κ1) is 27.3. The van der Waals surface area contributed by atoms with Crippen molar-refractivity contribution >= 4 is 5.97 Å². The lowest BCUT2D eigenvalue weighted by atomic mass is 9.44. The number of benzene rings is 1. The number of fused-ring (bicyclic) bond motifs is 7. The number of esters is 1. The smallest absolute Gasteiger partial charge is 0.338 e. The van der Waals surface area contributed by atoms with Crippen molar-refractivity contribution < 1.29 is 23.7 Å². The molecular formula is C35H50O5. The highest BCUT2D eigenvalue weighted by atomic mass is 16.7. The van der Waals surface area contributed by atoms with Crippen LogP contribution in [0.15, 0.2) is 24.3 Å². The van der Waals surface area contributed by atoms with E-state index in [9.17, 15) is 4.79 Å². The first-order chi connectivity index (χ1) is 19.2. The Morgan fingerprint density at radius 1 is 0.900 bits per heavy atom. The summed E-state index contributed by atoms with van der Waals surface area (Å²) in [6.07, 6.45) is 12.4. The second-order valence-corrected chi connectivity index (χ2v) is 15.2. The second-order valence-electron chi connectivity index (χ2n) is 15.2. The van der Waals surface area contributed by atoms with Gasteiger partial charge < -0.3 is 18.9 Å². The standard InChI is InChI=1S/C35H50O5/c1-21-12-17-35(38-20-21)22(2)31-30(40-35)19-29-27-11-8-24-18-26(39-32(36)23-6-9-25(37-5)10-7-23)13-15-33(24,3)28(27)14-16-34(29,31)4/h6-7,9-10,21-22,24,26-31H,8,11-20H2,1-5H3/t21-,22-,24+,26+,27+,28-,29-,30-,31-,33+,34+,35-/m1/s1. The lowest BCUT2D eigenvalue weighted by molar-refractivity contribution is -0.273. The zero-order valence-corrected chi connectivity index (χ0v) is 25.3. The Morgan fingerprint density at radius 3 is 2.40 bits per heavy atom. The summed E-state index contributed by atoms with van der Waals surface area (Å²) >= 11 is 0. The van der Waals surface area contributed by atoms with Crippen molar-refractivity contribution in [1.82, 2.24) is 0 Å². The summed E-state index contributed by atoms with van der Waals surface area (Å²) in [6.45, 7) is 10.8. The van der Waals surface area contributed by atoms with Crippen LogP contribution in [0.1, 0.15) is 102 Å². The average molecular weight is 551 g/mol. The van der Waals surface area contributed by atoms with Crippen LogP contribution < -0.4 is 4.74 Å². The van der Waals surface area contributed by atoms with Crippen LogP contribution in [0.2, 0.25) is 0 Å². The third kappa shape index (κ3) is 4.03. The number of ether oxygens (including phenoxy) is 4. The van der Waals surface area contributed by atoms with Gasteiger partial charge in [-0.15, -0.1) is 0 Å². The van der Waals surface area contributed by atoms with Gasteiger partial charge in [-0.3, -0.25) is 0 Å². The quantitative estimate of drug-likeness (QED) is 0.362. The molecule has 1 aromatic rings. The number of carbonyl (C=O) groups is 1. The molecule has 12 atom stereocenters. The van der Waals surface area contributed by atoms with Gasteiger partial charge in [0.2, 0.25) is 0 Å². The van der Waals surface area contributed by atoms with Gasteiger partial charge in [0, 0.05) is 12.3 Å². The maximum Gasteiger partial charge on any atom is 0.338 e. The summed E-state index contributed by atoms with van der Waals surface area (Å²) < 4.78 is 24.8. The van der Waals surface area contributed by atoms with Crippen LogP contribution in [0.4, 0.5) is 0 Å². The van der Waals surface area contributed by atoms with Crippen molar-refractivity contribution in [1.29, 1.82) is 0 Å². The van der Waals surface area contributed by atoms with E-state index in [4.69, 9.17) is 18.9 Å². The van der Waals surface area contributed by atoms with E-state index in [-0.39, 0.29) is 17.9 Å². The molecule has 6 fully saturated rings. The minimum atomic E-state index is -0.321. The lowest BCUT2D eigenvalue weighted by Crippen LogP contribution is -2.55. The molecule has 0 unspecified atom stereocenters. The van der Waals surface area contributed by atoms with Gasteiger partial charge in [0.15, 0.2) is 5.79 Å². The van der Waals surface area contributed by atoms with Crippen molar-refractivity contribution in [2.75, 3.05) is 13.7 Å². The van der Waals surface area contributed by atoms with Gasteiger partial charge in [0.1, 0.15) is 11.9 Å². The molecule has 0 bridgehead atoms. The first-order valence-corrected chi connectivity index (χ1v) is 16.3. The second kappa shape index (κ2) is 9.73. The van der Waals surface area contributed by atoms with Crippen LogP contribution in [0.25, 0.3) is 0 Å². The summed E-state index contributed by atoms with van der Waals surface area (Å²) in [4.78, 5) is 12.9. The van der Waals surface area contributed by atoms with Crippen molar-refractivity contribution in [3.8, 4) is 5.75 Å². The summed E-state index contributed by atoms with van der Waals surface area (Å²) in [5, 5.41) is 0. The van der Waals surface area contributed by atoms with E-state index in [2.05, 4.69) is 27.7 Å². The monoisotopic (exact) mass is 550 g/mol. The molecule has 6 aliphatic rings. The van der Waals surface area contributed by atoms with Gasteiger partial charge in [-0.25, -0.2) is 4.79 Å². The van der Waals surface area contributed by atoms with Gasteiger partial charge in [-0.05, 0) is 128 Å². The van der Waals surface area contributed by atoms with Crippen LogP contribution in [0.3, 0.4) is 0 Å². The Morgan fingerprint density at radius 2 is 1.68 bits per heavy atom. The molecule has 4 saturated carbocycles. The molecule has 0 amide bonds. The maximum absolute atomic E-state index is 12.9. The van der Waals surface area contributed by atoms with Crippen LogP contribution in [-0.2, 0) is 14.2 Å². The predicted molar refractivity (Wildman–Crippen MR) is 154 cm³/mol. The summed E-state index contributed by atoms with van der Waals surface area (Å²) in [5.74, 6) is 5.03. The Bertz CT molecular complexity index is 1110. The van der Waals surface area contributed by atoms with Crippen molar-refractivity contribution in [2.45, 2.75) is 110 Å². The molecule has 7 rings (SSSR count). The average Bonchev–Trinajstić information content (AvgIpc) is 3.40. The van der Waals surface area contributed by atoms with Crippen LogP contribution in [-0.4, -0.2) is 37.7 Å². The summed E-state index contributed by atoms with van der Waals surface area (Å²) in [5.41, 5.74) is 1.35. The minimum absolute atomic E-state index is 0.0348. The molecule has 1 spiro atoms. The van der Waals surface area contributed by atoms with E-state index in [1.54, 1.807) is 7.11 Å². The molecule has 5 heteroatoms. The Hall–Kier alpha value is -1.59. The third-order valence-corrected chi connectivity index (χ3v) is 13.5. The fourth-order valence-corrected chi connectivity index (χ4v) is 11.3. The highest BCUT2D eigenvalue weighted by Gasteiger charge is 2.69. The number of rotatable bonds is 3. The van der Waals surface area contributed by atoms with Crippen molar-refractivity contribution in [3.63, 3.8) is 0 Å². The van der Waals surface area contributed by atoms with E-state index in [1.807, 2.05) is 24.3 Å². The molecule has 1 aromatic carbocycles. The van der Waals surface area contributed by atoms with E-state index < -0.39 is 0 Å². The van der Waals surface area contributed by atoms with Crippen LogP contribution in [0, 0.1) is 52.3 Å². The number of carbonyl (C=O) groups excluding carboxylic acids is 1. The summed E-state index contributed by atoms with van der Waals surface area (Å²) in [7, 11) is 1.64. The van der Waals surface area contributed by atoms with Gasteiger partial charge in [-0.1, -0.05) is 27.7 Å². The largest absolute Gasteiger partial charge is 0.497 e. The fourth-order valence-electron chi connectivity index (χ4n) is 11.3. The highest BCUT2D eigenvalue weighted by molar-refractivity contribution is 5.89. The summed E-state index contributed by atoms with van der Waals surface area (Å²) in [6, 6.07) is 7.28. The molecule has 2 saturated heterocycles. The van der Waals surface area contributed by atoms with Crippen LogP contribution >= 0.6 is 0 Å². The first-order valence-electron chi connectivity index (χ1n) is 16.3. The van der Waals surface area contributed by atoms with E-state index in [0.717, 1.165) is 49.4 Å². The minimum Gasteiger partial charge on any atom is -0.497 e. The Labute approximate surface area is 241 Å². The zero-order chi connectivity index (χ0) is 27.9. The topological polar surface area (TPSA) is 54.0 Å². The molecule has 5 nitrogen and oxygen atoms in total. The highest BCUT2D eigenvalue weighted by Crippen LogP contribution is 2.71. The third-order valence-electron chi connectivity index (χ3n) is 13.5. The molecule has 0 N–H and O–H groups in total. The molecular weight excluding hydrogens is 500 g/mol. The molecule has 4 aliphatic carbocycles. The van der Waals surface area contributed by atoms with Gasteiger partial charge in [-0.2, -0.15) is 0 Å². The van der Waals surface area contributed by atoms with E-state index >= 15 is 0 Å². The molecule has 2 heterocycles. The zero-order valence-electron chi connectivity index (χ0n) is 25.3. The predicted octanol–water partition coefficient (Wildman–Crippen LogP) is 7.67. The maximum atomic E-state index is 12.9.